The number of ether oxygens (including phenoxy) is 3. The molecule has 7 nitrogen and oxygen atoms in total. The molecule has 0 aliphatic rings. The Balaban J connectivity index is 1.86. The van der Waals surface area contributed by atoms with Crippen molar-refractivity contribution in [3.8, 4) is 22.9 Å². The summed E-state index contributed by atoms with van der Waals surface area (Å²) in [6.07, 6.45) is 0.683. The number of rotatable bonds is 11. The van der Waals surface area contributed by atoms with E-state index in [-0.39, 0.29) is 42.0 Å². The number of methoxy groups -OCH3 is 1. The summed E-state index contributed by atoms with van der Waals surface area (Å²) in [5.41, 5.74) is 2.79. The number of carbonyl (C=O) groups is 2. The Labute approximate surface area is 210 Å². The maximum Gasteiger partial charge on any atom is 0.272 e. The van der Waals surface area contributed by atoms with Crippen molar-refractivity contribution in [3.05, 3.63) is 107 Å². The summed E-state index contributed by atoms with van der Waals surface area (Å²) in [6, 6.07) is 26.3. The summed E-state index contributed by atoms with van der Waals surface area (Å²) in [5, 5.41) is 2.84. The molecule has 0 fully saturated rings. The number of amides is 1. The van der Waals surface area contributed by atoms with Crippen molar-refractivity contribution in [3.63, 3.8) is 0 Å². The van der Waals surface area contributed by atoms with Gasteiger partial charge in [-0.3, -0.25) is 14.2 Å². The predicted octanol–water partition coefficient (Wildman–Crippen LogP) is 5.21. The van der Waals surface area contributed by atoms with E-state index < -0.39 is 0 Å². The van der Waals surface area contributed by atoms with Gasteiger partial charge in [0.05, 0.1) is 7.11 Å². The molecule has 0 radical (unpaired) electrons. The molecule has 0 atom stereocenters. The second-order valence-electron chi connectivity index (χ2n) is 7.95. The smallest absolute Gasteiger partial charge is 0.272 e. The molecule has 0 saturated heterocycles. The molecule has 36 heavy (non-hydrogen) atoms. The molecule has 0 aliphatic heterocycles. The maximum absolute atomic E-state index is 13.3. The second-order valence-corrected chi connectivity index (χ2v) is 7.95. The predicted molar refractivity (Wildman–Crippen MR) is 137 cm³/mol. The van der Waals surface area contributed by atoms with Crippen molar-refractivity contribution in [1.29, 1.82) is 0 Å². The quantitative estimate of drug-likeness (QED) is 0.296. The van der Waals surface area contributed by atoms with Crippen molar-refractivity contribution in [1.82, 2.24) is 9.88 Å². The largest absolute Gasteiger partial charge is 0.497 e. The van der Waals surface area contributed by atoms with Crippen LogP contribution in [0.2, 0.25) is 0 Å². The lowest BCUT2D eigenvalue weighted by Crippen LogP contribution is -2.26. The van der Waals surface area contributed by atoms with Crippen LogP contribution in [0.15, 0.2) is 84.9 Å². The van der Waals surface area contributed by atoms with Gasteiger partial charge in [0.25, 0.3) is 5.91 Å². The van der Waals surface area contributed by atoms with Gasteiger partial charge in [-0.05, 0) is 42.3 Å². The molecule has 0 bridgehead atoms. The van der Waals surface area contributed by atoms with Gasteiger partial charge in [0.2, 0.25) is 0 Å². The summed E-state index contributed by atoms with van der Waals surface area (Å²) in [7, 11) is 1.58. The van der Waals surface area contributed by atoms with Gasteiger partial charge < -0.3 is 19.5 Å². The fraction of sp³-hybridized carbons (Fsp3) is 0.172. The number of nitrogens with one attached hydrogen (secondary N) is 1. The summed E-state index contributed by atoms with van der Waals surface area (Å²) >= 11 is 0. The third-order valence-corrected chi connectivity index (χ3v) is 5.57. The Hall–Kier alpha value is -4.52. The van der Waals surface area contributed by atoms with Crippen molar-refractivity contribution in [2.75, 3.05) is 13.7 Å². The first kappa shape index (κ1) is 24.6. The van der Waals surface area contributed by atoms with Crippen LogP contribution in [0.1, 0.15) is 39.0 Å². The Morgan fingerprint density at radius 2 is 1.39 bits per heavy atom. The number of nitrogens with zero attached hydrogens (tertiary/aromatic N) is 1. The van der Waals surface area contributed by atoms with E-state index in [1.807, 2.05) is 67.6 Å². The maximum atomic E-state index is 13.3. The Bertz CT molecular complexity index is 1300. The van der Waals surface area contributed by atoms with Crippen LogP contribution in [-0.4, -0.2) is 30.4 Å². The lowest BCUT2D eigenvalue weighted by atomic mass is 10.2. The Morgan fingerprint density at radius 3 is 1.89 bits per heavy atom. The van der Waals surface area contributed by atoms with E-state index in [4.69, 9.17) is 14.2 Å². The average Bonchev–Trinajstić information content (AvgIpc) is 3.25. The number of carbonyl (C=O) groups excluding carboxylic acids is 2. The van der Waals surface area contributed by atoms with E-state index in [1.54, 1.807) is 35.9 Å². The number of aldehydes is 1. The minimum atomic E-state index is -0.381. The number of hydrogen-bond donors (Lipinski definition) is 1. The topological polar surface area (TPSA) is 78.8 Å². The van der Waals surface area contributed by atoms with Gasteiger partial charge in [0.15, 0.2) is 23.5 Å². The first-order valence-corrected chi connectivity index (χ1v) is 11.7. The van der Waals surface area contributed by atoms with Crippen LogP contribution < -0.4 is 19.5 Å². The normalized spacial score (nSPS) is 10.5. The van der Waals surface area contributed by atoms with Crippen LogP contribution in [0, 0.1) is 0 Å². The average molecular weight is 485 g/mol. The SMILES string of the molecule is CCNC(=O)c1c(OCc2ccccc2)c(OCc2ccccc2)c(C=O)n1-c1ccc(OC)cc1. The van der Waals surface area contributed by atoms with E-state index >= 15 is 0 Å². The van der Waals surface area contributed by atoms with E-state index in [2.05, 4.69) is 5.32 Å². The number of benzene rings is 3. The zero-order valence-electron chi connectivity index (χ0n) is 20.3. The fourth-order valence-corrected chi connectivity index (χ4v) is 3.83. The van der Waals surface area contributed by atoms with Gasteiger partial charge in [-0.1, -0.05) is 60.7 Å². The first-order chi connectivity index (χ1) is 17.7. The summed E-state index contributed by atoms with van der Waals surface area (Å²) in [4.78, 5) is 25.8. The zero-order valence-corrected chi connectivity index (χ0v) is 20.3. The molecule has 1 amide bonds. The van der Waals surface area contributed by atoms with Gasteiger partial charge in [0, 0.05) is 12.2 Å². The molecule has 4 rings (SSSR count). The molecule has 184 valence electrons. The second kappa shape index (κ2) is 11.8. The minimum Gasteiger partial charge on any atom is -0.497 e. The van der Waals surface area contributed by atoms with Gasteiger partial charge in [0.1, 0.15) is 24.7 Å². The van der Waals surface area contributed by atoms with Crippen LogP contribution >= 0.6 is 0 Å². The highest BCUT2D eigenvalue weighted by molar-refractivity contribution is 6.00. The lowest BCUT2D eigenvalue weighted by Gasteiger charge is -2.13. The molecule has 0 saturated carbocycles. The minimum absolute atomic E-state index is 0.181. The fourth-order valence-electron chi connectivity index (χ4n) is 3.83. The van der Waals surface area contributed by atoms with Gasteiger partial charge in [-0.15, -0.1) is 0 Å². The third-order valence-electron chi connectivity index (χ3n) is 5.57. The molecular formula is C29H28N2O5. The van der Waals surface area contributed by atoms with Crippen molar-refractivity contribution < 1.29 is 23.8 Å². The monoisotopic (exact) mass is 484 g/mol. The van der Waals surface area contributed by atoms with E-state index in [0.29, 0.717) is 24.3 Å². The van der Waals surface area contributed by atoms with Gasteiger partial charge in [-0.25, -0.2) is 0 Å². The molecular weight excluding hydrogens is 456 g/mol. The highest BCUT2D eigenvalue weighted by atomic mass is 16.5. The summed E-state index contributed by atoms with van der Waals surface area (Å²) in [6.45, 7) is 2.63. The molecule has 3 aromatic carbocycles. The van der Waals surface area contributed by atoms with E-state index in [0.717, 1.165) is 11.1 Å². The van der Waals surface area contributed by atoms with Crippen molar-refractivity contribution in [2.24, 2.45) is 0 Å². The molecule has 0 spiro atoms. The van der Waals surface area contributed by atoms with E-state index in [1.165, 1.54) is 0 Å². The number of aromatic nitrogens is 1. The molecule has 1 aromatic heterocycles. The molecule has 1 heterocycles. The Kier molecular flexibility index (Phi) is 8.03. The van der Waals surface area contributed by atoms with Crippen LogP contribution in [0.4, 0.5) is 0 Å². The first-order valence-electron chi connectivity index (χ1n) is 11.7. The van der Waals surface area contributed by atoms with Crippen molar-refractivity contribution >= 4 is 12.2 Å². The summed E-state index contributed by atoms with van der Waals surface area (Å²) < 4.78 is 19.2. The van der Waals surface area contributed by atoms with Crippen LogP contribution in [0.3, 0.4) is 0 Å². The van der Waals surface area contributed by atoms with Crippen LogP contribution in [0.25, 0.3) is 5.69 Å². The number of hydrogen-bond acceptors (Lipinski definition) is 5. The van der Waals surface area contributed by atoms with Gasteiger partial charge >= 0.3 is 0 Å². The zero-order chi connectivity index (χ0) is 25.3. The van der Waals surface area contributed by atoms with Crippen LogP contribution in [-0.2, 0) is 13.2 Å². The highest BCUT2D eigenvalue weighted by Gasteiger charge is 2.31. The molecule has 0 aliphatic carbocycles. The molecule has 0 unspecified atom stereocenters. The van der Waals surface area contributed by atoms with Crippen LogP contribution in [0.5, 0.6) is 17.2 Å². The summed E-state index contributed by atoms with van der Waals surface area (Å²) in [5.74, 6) is 0.689. The van der Waals surface area contributed by atoms with Gasteiger partial charge in [-0.2, -0.15) is 0 Å². The Morgan fingerprint density at radius 1 is 0.833 bits per heavy atom. The molecule has 4 aromatic rings. The highest BCUT2D eigenvalue weighted by Crippen LogP contribution is 2.41. The standard InChI is InChI=1S/C29H28N2O5/c1-3-30-29(33)26-28(36-20-22-12-8-5-9-13-22)27(35-19-21-10-6-4-7-11-21)25(18-32)31(26)23-14-16-24(34-2)17-15-23/h4-18H,3,19-20H2,1-2H3,(H,30,33). The molecule has 1 N–H and O–H groups in total. The molecule has 7 heteroatoms. The van der Waals surface area contributed by atoms with E-state index in [9.17, 15) is 9.59 Å². The lowest BCUT2D eigenvalue weighted by molar-refractivity contribution is 0.0943. The third kappa shape index (κ3) is 5.41. The van der Waals surface area contributed by atoms with Crippen molar-refractivity contribution in [2.45, 2.75) is 20.1 Å².